The maximum absolute atomic E-state index is 6.45. The Hall–Kier alpha value is -2.82. The Labute approximate surface area is 186 Å². The van der Waals surface area contributed by atoms with Gasteiger partial charge in [0.1, 0.15) is 6.10 Å². The van der Waals surface area contributed by atoms with Gasteiger partial charge >= 0.3 is 0 Å². The number of benzene rings is 3. The van der Waals surface area contributed by atoms with Gasteiger partial charge in [0, 0.05) is 45.7 Å². The molecule has 1 aliphatic rings. The zero-order valence-corrected chi connectivity index (χ0v) is 18.3. The molecule has 1 atom stereocenters. The van der Waals surface area contributed by atoms with Gasteiger partial charge in [0.25, 0.3) is 0 Å². The number of methoxy groups -OCH3 is 1. The average molecular weight is 417 g/mol. The van der Waals surface area contributed by atoms with E-state index in [9.17, 15) is 0 Å². The molecule has 4 heteroatoms. The highest BCUT2D eigenvalue weighted by molar-refractivity contribution is 5.40. The first kappa shape index (κ1) is 21.4. The van der Waals surface area contributed by atoms with Crippen LogP contribution in [0.5, 0.6) is 11.5 Å². The highest BCUT2D eigenvalue weighted by Gasteiger charge is 2.20. The van der Waals surface area contributed by atoms with E-state index in [1.165, 1.54) is 11.1 Å². The van der Waals surface area contributed by atoms with Crippen molar-refractivity contribution >= 4 is 0 Å². The van der Waals surface area contributed by atoms with Crippen LogP contribution in [0.25, 0.3) is 0 Å². The lowest BCUT2D eigenvalue weighted by Gasteiger charge is -2.35. The maximum Gasteiger partial charge on any atom is 0.162 e. The lowest BCUT2D eigenvalue weighted by atomic mass is 10.1. The number of hydrogen-bond donors (Lipinski definition) is 0. The standard InChI is InChI=1S/C27H32N2O2/c1-30-26-14-8-9-15-27(26)31-25(24-12-6-3-7-13-24)16-17-28-18-20-29(21-19-28)22-23-10-4-2-5-11-23/h2-15,25H,16-22H2,1H3. The Morgan fingerprint density at radius 1 is 0.710 bits per heavy atom. The van der Waals surface area contributed by atoms with Crippen LogP contribution in [-0.2, 0) is 6.54 Å². The molecule has 0 N–H and O–H groups in total. The molecule has 4 nitrogen and oxygen atoms in total. The molecule has 0 aliphatic carbocycles. The third-order valence-electron chi connectivity index (χ3n) is 5.93. The van der Waals surface area contributed by atoms with Crippen LogP contribution in [0.1, 0.15) is 23.7 Å². The maximum atomic E-state index is 6.45. The average Bonchev–Trinajstić information content (AvgIpc) is 2.84. The lowest BCUT2D eigenvalue weighted by Crippen LogP contribution is -2.46. The number of para-hydroxylation sites is 2. The number of hydrogen-bond acceptors (Lipinski definition) is 4. The van der Waals surface area contributed by atoms with Crippen LogP contribution in [0.3, 0.4) is 0 Å². The van der Waals surface area contributed by atoms with Crippen molar-refractivity contribution in [1.29, 1.82) is 0 Å². The monoisotopic (exact) mass is 416 g/mol. The van der Waals surface area contributed by atoms with E-state index in [0.717, 1.165) is 57.2 Å². The van der Waals surface area contributed by atoms with Crippen LogP contribution in [-0.4, -0.2) is 49.6 Å². The molecule has 1 unspecified atom stereocenters. The van der Waals surface area contributed by atoms with E-state index in [0.29, 0.717) is 0 Å². The fourth-order valence-corrected chi connectivity index (χ4v) is 4.14. The molecule has 4 rings (SSSR count). The summed E-state index contributed by atoms with van der Waals surface area (Å²) in [6.45, 7) is 6.48. The Balaban J connectivity index is 1.34. The first-order chi connectivity index (χ1) is 15.3. The fraction of sp³-hybridized carbons (Fsp3) is 0.333. The minimum absolute atomic E-state index is 0.000140. The molecular formula is C27H32N2O2. The second kappa shape index (κ2) is 11.0. The summed E-state index contributed by atoms with van der Waals surface area (Å²) in [5.74, 6) is 1.57. The smallest absolute Gasteiger partial charge is 0.162 e. The topological polar surface area (TPSA) is 24.9 Å². The van der Waals surface area contributed by atoms with E-state index in [-0.39, 0.29) is 6.10 Å². The molecule has 1 heterocycles. The van der Waals surface area contributed by atoms with E-state index >= 15 is 0 Å². The molecule has 3 aromatic carbocycles. The summed E-state index contributed by atoms with van der Waals surface area (Å²) in [4.78, 5) is 5.11. The van der Waals surface area contributed by atoms with Crippen molar-refractivity contribution in [2.45, 2.75) is 19.1 Å². The van der Waals surface area contributed by atoms with Crippen LogP contribution >= 0.6 is 0 Å². The Morgan fingerprint density at radius 2 is 1.29 bits per heavy atom. The van der Waals surface area contributed by atoms with Crippen molar-refractivity contribution in [1.82, 2.24) is 9.80 Å². The lowest BCUT2D eigenvalue weighted by molar-refractivity contribution is 0.106. The van der Waals surface area contributed by atoms with Crippen LogP contribution < -0.4 is 9.47 Å². The highest BCUT2D eigenvalue weighted by Crippen LogP contribution is 2.32. The number of nitrogens with zero attached hydrogens (tertiary/aromatic N) is 2. The molecule has 1 aliphatic heterocycles. The second-order valence-electron chi connectivity index (χ2n) is 8.06. The van der Waals surface area contributed by atoms with E-state index in [1.807, 2.05) is 24.3 Å². The molecule has 0 aromatic heterocycles. The van der Waals surface area contributed by atoms with Crippen molar-refractivity contribution in [2.75, 3.05) is 39.8 Å². The SMILES string of the molecule is COc1ccccc1OC(CCN1CCN(Cc2ccccc2)CC1)c1ccccc1. The highest BCUT2D eigenvalue weighted by atomic mass is 16.5. The first-order valence-electron chi connectivity index (χ1n) is 11.1. The molecule has 31 heavy (non-hydrogen) atoms. The number of piperazine rings is 1. The van der Waals surface area contributed by atoms with Gasteiger partial charge in [-0.05, 0) is 23.3 Å². The minimum atomic E-state index is -0.000140. The van der Waals surface area contributed by atoms with E-state index in [1.54, 1.807) is 7.11 Å². The van der Waals surface area contributed by atoms with Gasteiger partial charge in [-0.3, -0.25) is 4.90 Å². The summed E-state index contributed by atoms with van der Waals surface area (Å²) in [7, 11) is 1.69. The van der Waals surface area contributed by atoms with Crippen molar-refractivity contribution in [3.8, 4) is 11.5 Å². The third kappa shape index (κ3) is 6.09. The van der Waals surface area contributed by atoms with Gasteiger partial charge in [-0.2, -0.15) is 0 Å². The molecular weight excluding hydrogens is 384 g/mol. The van der Waals surface area contributed by atoms with Crippen LogP contribution in [0.15, 0.2) is 84.9 Å². The van der Waals surface area contributed by atoms with Gasteiger partial charge in [0.15, 0.2) is 11.5 Å². The quantitative estimate of drug-likeness (QED) is 0.489. The van der Waals surface area contributed by atoms with Crippen molar-refractivity contribution in [3.63, 3.8) is 0 Å². The van der Waals surface area contributed by atoms with Crippen LogP contribution in [0.4, 0.5) is 0 Å². The van der Waals surface area contributed by atoms with Crippen LogP contribution in [0, 0.1) is 0 Å². The number of ether oxygens (including phenoxy) is 2. The molecule has 0 spiro atoms. The minimum Gasteiger partial charge on any atom is -0.493 e. The van der Waals surface area contributed by atoms with Gasteiger partial charge < -0.3 is 14.4 Å². The zero-order valence-electron chi connectivity index (χ0n) is 18.3. The summed E-state index contributed by atoms with van der Waals surface area (Å²) in [6.07, 6.45) is 0.945. The summed E-state index contributed by atoms with van der Waals surface area (Å²) in [5.41, 5.74) is 2.60. The predicted octanol–water partition coefficient (Wildman–Crippen LogP) is 5.02. The Bertz CT molecular complexity index is 909. The molecule has 0 saturated carbocycles. The van der Waals surface area contributed by atoms with Gasteiger partial charge in [-0.15, -0.1) is 0 Å². The van der Waals surface area contributed by atoms with E-state index < -0.39 is 0 Å². The van der Waals surface area contributed by atoms with Gasteiger partial charge in [-0.25, -0.2) is 0 Å². The molecule has 0 amide bonds. The zero-order chi connectivity index (χ0) is 21.3. The van der Waals surface area contributed by atoms with E-state index in [2.05, 4.69) is 70.5 Å². The summed E-state index contributed by atoms with van der Waals surface area (Å²) >= 11 is 0. The molecule has 0 bridgehead atoms. The third-order valence-corrected chi connectivity index (χ3v) is 5.93. The second-order valence-corrected chi connectivity index (χ2v) is 8.06. The molecule has 1 fully saturated rings. The largest absolute Gasteiger partial charge is 0.493 e. The van der Waals surface area contributed by atoms with Gasteiger partial charge in [0.05, 0.1) is 7.11 Å². The number of rotatable bonds is 9. The van der Waals surface area contributed by atoms with Crippen molar-refractivity contribution < 1.29 is 9.47 Å². The molecule has 162 valence electrons. The Kier molecular flexibility index (Phi) is 7.59. The Morgan fingerprint density at radius 3 is 1.97 bits per heavy atom. The summed E-state index contributed by atoms with van der Waals surface area (Å²) in [6, 6.07) is 29.2. The summed E-state index contributed by atoms with van der Waals surface area (Å²) in [5, 5.41) is 0. The molecule has 3 aromatic rings. The van der Waals surface area contributed by atoms with Crippen molar-refractivity contribution in [3.05, 3.63) is 96.1 Å². The van der Waals surface area contributed by atoms with Crippen LogP contribution in [0.2, 0.25) is 0 Å². The normalized spacial score (nSPS) is 16.0. The molecule has 1 saturated heterocycles. The fourth-order valence-electron chi connectivity index (χ4n) is 4.14. The van der Waals surface area contributed by atoms with Gasteiger partial charge in [-0.1, -0.05) is 72.8 Å². The predicted molar refractivity (Wildman–Crippen MR) is 126 cm³/mol. The first-order valence-corrected chi connectivity index (χ1v) is 11.1. The molecule has 0 radical (unpaired) electrons. The van der Waals surface area contributed by atoms with E-state index in [4.69, 9.17) is 9.47 Å². The van der Waals surface area contributed by atoms with Gasteiger partial charge in [0.2, 0.25) is 0 Å². The summed E-state index contributed by atoms with van der Waals surface area (Å²) < 4.78 is 11.9. The van der Waals surface area contributed by atoms with Crippen molar-refractivity contribution in [2.24, 2.45) is 0 Å².